The summed E-state index contributed by atoms with van der Waals surface area (Å²) in [5.41, 5.74) is 0.0162. The number of halogens is 5. The van der Waals surface area contributed by atoms with E-state index in [0.29, 0.717) is 36.6 Å². The van der Waals surface area contributed by atoms with E-state index in [-0.39, 0.29) is 62.3 Å². The molecule has 1 aliphatic rings. The Balaban J connectivity index is 1.58. The summed E-state index contributed by atoms with van der Waals surface area (Å²) in [6, 6.07) is 4.20. The van der Waals surface area contributed by atoms with Gasteiger partial charge in [-0.05, 0) is 68.8 Å². The zero-order chi connectivity index (χ0) is 38.4. The van der Waals surface area contributed by atoms with Crippen LogP contribution in [-0.4, -0.2) is 56.4 Å². The second-order valence-electron chi connectivity index (χ2n) is 12.4. The molecule has 19 heteroatoms. The predicted molar refractivity (Wildman–Crippen MR) is 192 cm³/mol. The molecule has 3 aromatic heterocycles. The third-order valence-electron chi connectivity index (χ3n) is 8.57. The highest BCUT2D eigenvalue weighted by atomic mass is 35.5. The molecule has 2 aromatic carbocycles. The average Bonchev–Trinajstić information content (AvgIpc) is 3.74. The van der Waals surface area contributed by atoms with E-state index in [0.717, 1.165) is 27.6 Å². The van der Waals surface area contributed by atoms with Crippen LogP contribution in [0.4, 0.5) is 29.2 Å². The third-order valence-corrected chi connectivity index (χ3v) is 9.45. The van der Waals surface area contributed by atoms with Crippen molar-refractivity contribution in [3.05, 3.63) is 97.3 Å². The number of aryl methyl sites for hydroxylation is 2. The molecule has 0 saturated carbocycles. The molecule has 1 amide bonds. The number of allylic oxidation sites excluding steroid dienone is 1. The minimum atomic E-state index is -3.85. The Labute approximate surface area is 305 Å². The van der Waals surface area contributed by atoms with Crippen LogP contribution in [-0.2, 0) is 47.7 Å². The monoisotopic (exact) mass is 773 g/mol. The van der Waals surface area contributed by atoms with Crippen molar-refractivity contribution >= 4 is 62.9 Å². The summed E-state index contributed by atoms with van der Waals surface area (Å²) in [5.74, 6) is -3.16. The second kappa shape index (κ2) is 14.6. The van der Waals surface area contributed by atoms with Crippen molar-refractivity contribution in [2.24, 2.45) is 12.0 Å². The summed E-state index contributed by atoms with van der Waals surface area (Å²) < 4.78 is 87.5. The number of hydrogen-bond donors (Lipinski definition) is 2. The highest BCUT2D eigenvalue weighted by molar-refractivity contribution is 7.92. The first-order valence-corrected chi connectivity index (χ1v) is 18.4. The van der Waals surface area contributed by atoms with Crippen LogP contribution in [0.15, 0.2) is 46.2 Å². The van der Waals surface area contributed by atoms with Crippen molar-refractivity contribution in [3.8, 4) is 5.69 Å². The van der Waals surface area contributed by atoms with Gasteiger partial charge in [0.1, 0.15) is 29.7 Å². The molecule has 6 rings (SSSR count). The lowest BCUT2D eigenvalue weighted by Crippen LogP contribution is -2.38. The number of aromatic nitrogens is 6. The van der Waals surface area contributed by atoms with Crippen LogP contribution in [0.1, 0.15) is 59.7 Å². The van der Waals surface area contributed by atoms with Gasteiger partial charge in [-0.2, -0.15) is 10.2 Å². The fraction of sp³-hybridized carbons (Fsp3) is 0.294. The van der Waals surface area contributed by atoms with Crippen LogP contribution in [0.5, 0.6) is 0 Å². The maximum absolute atomic E-state index is 14.6. The Bertz CT molecular complexity index is 2480. The topological polar surface area (TPSA) is 158 Å². The van der Waals surface area contributed by atoms with Gasteiger partial charge >= 0.3 is 0 Å². The Kier molecular flexibility index (Phi) is 10.3. The predicted octanol–water partition coefficient (Wildman–Crippen LogP) is 5.51. The number of anilines is 1. The molecular weight excluding hydrogens is 742 g/mol. The van der Waals surface area contributed by atoms with E-state index in [2.05, 4.69) is 36.9 Å². The summed E-state index contributed by atoms with van der Waals surface area (Å²) in [6.45, 7) is 4.54. The lowest BCUT2D eigenvalue weighted by molar-refractivity contribution is -0.122. The minimum Gasteiger partial charge on any atom is -0.344 e. The van der Waals surface area contributed by atoms with Gasteiger partial charge in [0.15, 0.2) is 11.6 Å². The molecule has 0 saturated heterocycles. The average molecular weight is 774 g/mol. The number of alkyl halides is 2. The van der Waals surface area contributed by atoms with Gasteiger partial charge < -0.3 is 5.32 Å². The molecule has 2 N–H and O–H groups in total. The van der Waals surface area contributed by atoms with E-state index in [9.17, 15) is 35.6 Å². The summed E-state index contributed by atoms with van der Waals surface area (Å²) in [5, 5.41) is 11.5. The van der Waals surface area contributed by atoms with Crippen LogP contribution in [0, 0.1) is 11.6 Å². The molecule has 278 valence electrons. The first-order chi connectivity index (χ1) is 25.1. The fourth-order valence-electron chi connectivity index (χ4n) is 6.61. The van der Waals surface area contributed by atoms with E-state index in [1.165, 1.54) is 29.9 Å². The van der Waals surface area contributed by atoms with Gasteiger partial charge in [0.2, 0.25) is 15.9 Å². The number of fused-ring (bicyclic) bond motifs is 2. The van der Waals surface area contributed by atoms with Gasteiger partial charge in [0, 0.05) is 25.1 Å². The van der Waals surface area contributed by atoms with E-state index < -0.39 is 52.1 Å². The van der Waals surface area contributed by atoms with Gasteiger partial charge in [0.05, 0.1) is 45.2 Å². The standard InChI is InChI=1S/C34H32ClF4N9O4S/c1-5-7-21-31(40-2)42-33(48(34(21)50)25-11-10-22(35)27-29(25)46(3)44-32(27)45-53(4,51)52)24(14-17-12-18(36)15-19(37)13-17)41-26(49)16-47-28(30(38)39)20-8-6-9-23(20)43-47/h5,7,10-13,15,24,30H,2,6,8-9,14,16H2,1,3-4H3,(H,41,49)(H,44,45)/b7-5-/t24-/m0/s1. The maximum Gasteiger partial charge on any atom is 0.280 e. The Morgan fingerprint density at radius 3 is 2.51 bits per heavy atom. The van der Waals surface area contributed by atoms with Crippen molar-refractivity contribution < 1.29 is 30.8 Å². The highest BCUT2D eigenvalue weighted by Gasteiger charge is 2.31. The van der Waals surface area contributed by atoms with Crippen LogP contribution < -0.4 is 15.6 Å². The number of nitrogens with one attached hydrogen (secondary N) is 2. The minimum absolute atomic E-state index is 0.0273. The highest BCUT2D eigenvalue weighted by Crippen LogP contribution is 2.36. The van der Waals surface area contributed by atoms with Crippen LogP contribution in [0.2, 0.25) is 5.02 Å². The van der Waals surface area contributed by atoms with Gasteiger partial charge in [-0.15, -0.1) is 0 Å². The SMILES string of the molecule is C=Nc1nc([C@H](Cc2cc(F)cc(F)c2)NC(=O)Cn2nc3c(c2C(F)F)CCC3)n(-c2ccc(Cl)c3c(NS(C)(=O)=O)nn(C)c23)c(=O)c1/C=C\C. The Morgan fingerprint density at radius 1 is 1.15 bits per heavy atom. The van der Waals surface area contributed by atoms with Gasteiger partial charge in [-0.1, -0.05) is 17.7 Å². The normalized spacial score (nSPS) is 13.6. The number of carbonyl (C=O) groups excluding carboxylic acids is 1. The number of aliphatic imine (C=N–C) groups is 1. The van der Waals surface area contributed by atoms with Crippen molar-refractivity contribution in [2.45, 2.75) is 51.6 Å². The smallest absolute Gasteiger partial charge is 0.280 e. The third kappa shape index (κ3) is 7.46. The summed E-state index contributed by atoms with van der Waals surface area (Å²) in [6.07, 6.45) is 2.18. The number of amides is 1. The number of sulfonamides is 1. The molecular formula is C34H32ClF4N9O4S. The lowest BCUT2D eigenvalue weighted by atomic mass is 10.0. The largest absolute Gasteiger partial charge is 0.344 e. The van der Waals surface area contributed by atoms with Gasteiger partial charge in [0.25, 0.3) is 12.0 Å². The summed E-state index contributed by atoms with van der Waals surface area (Å²) >= 11 is 6.56. The van der Waals surface area contributed by atoms with Crippen molar-refractivity contribution in [3.63, 3.8) is 0 Å². The number of carbonyl (C=O) groups is 1. The maximum atomic E-state index is 14.6. The first kappa shape index (κ1) is 37.4. The Hall–Kier alpha value is -5.36. The van der Waals surface area contributed by atoms with E-state index >= 15 is 0 Å². The molecule has 1 atom stereocenters. The molecule has 0 aliphatic heterocycles. The molecule has 3 heterocycles. The first-order valence-electron chi connectivity index (χ1n) is 16.1. The van der Waals surface area contributed by atoms with Crippen molar-refractivity contribution in [1.29, 1.82) is 0 Å². The summed E-state index contributed by atoms with van der Waals surface area (Å²) in [4.78, 5) is 36.9. The summed E-state index contributed by atoms with van der Waals surface area (Å²) in [7, 11) is -2.36. The molecule has 13 nitrogen and oxygen atoms in total. The number of benzene rings is 2. The van der Waals surface area contributed by atoms with Crippen molar-refractivity contribution in [1.82, 2.24) is 34.4 Å². The number of hydrogen-bond acceptors (Lipinski definition) is 8. The lowest BCUT2D eigenvalue weighted by Gasteiger charge is -2.24. The van der Waals surface area contributed by atoms with Gasteiger partial charge in [-0.25, -0.2) is 36.0 Å². The second-order valence-corrected chi connectivity index (χ2v) is 14.5. The van der Waals surface area contributed by atoms with E-state index in [1.807, 2.05) is 0 Å². The molecule has 5 aromatic rings. The van der Waals surface area contributed by atoms with Gasteiger partial charge in [-0.3, -0.25) is 28.2 Å². The zero-order valence-corrected chi connectivity index (χ0v) is 30.1. The molecule has 0 fully saturated rings. The number of nitrogens with zero attached hydrogens (tertiary/aromatic N) is 7. The Morgan fingerprint density at radius 2 is 1.87 bits per heavy atom. The van der Waals surface area contributed by atoms with Crippen LogP contribution in [0.3, 0.4) is 0 Å². The fourth-order valence-corrected chi connectivity index (χ4v) is 7.34. The van der Waals surface area contributed by atoms with Crippen LogP contribution in [0.25, 0.3) is 22.7 Å². The van der Waals surface area contributed by atoms with Crippen molar-refractivity contribution in [2.75, 3.05) is 11.0 Å². The quantitative estimate of drug-likeness (QED) is 0.125. The molecule has 53 heavy (non-hydrogen) atoms. The molecule has 1 aliphatic carbocycles. The van der Waals surface area contributed by atoms with E-state index in [1.54, 1.807) is 13.0 Å². The van der Waals surface area contributed by atoms with Crippen LogP contribution >= 0.6 is 11.6 Å². The number of rotatable bonds is 12. The molecule has 0 spiro atoms. The molecule has 0 bridgehead atoms. The van der Waals surface area contributed by atoms with E-state index in [4.69, 9.17) is 11.6 Å². The molecule has 0 radical (unpaired) electrons. The zero-order valence-electron chi connectivity index (χ0n) is 28.5. The molecule has 0 unspecified atom stereocenters.